The molecule has 1 aromatic carbocycles. The third kappa shape index (κ3) is 1.98. The van der Waals surface area contributed by atoms with Gasteiger partial charge in [-0.05, 0) is 0 Å². The monoisotopic (exact) mass is 233 g/mol. The van der Waals surface area contributed by atoms with Gasteiger partial charge in [0.15, 0.2) is 0 Å². The smallest absolute Gasteiger partial charge is 0.325 e. The van der Waals surface area contributed by atoms with Crippen molar-refractivity contribution in [2.24, 2.45) is 5.73 Å². The topological polar surface area (TPSA) is 101 Å². The zero-order valence-corrected chi connectivity index (χ0v) is 8.82. The van der Waals surface area contributed by atoms with Crippen molar-refractivity contribution in [1.29, 1.82) is 0 Å². The molecule has 0 aliphatic rings. The lowest BCUT2D eigenvalue weighted by Crippen LogP contribution is -2.21. The second-order valence-electron chi connectivity index (χ2n) is 3.52. The van der Waals surface area contributed by atoms with Crippen molar-refractivity contribution < 1.29 is 15.1 Å². The summed E-state index contributed by atoms with van der Waals surface area (Å²) in [6, 6.07) is 7.63. The number of nitrogens with two attached hydrogens (primary N) is 1. The van der Waals surface area contributed by atoms with Gasteiger partial charge in [0.25, 0.3) is 0 Å². The van der Waals surface area contributed by atoms with Crippen LogP contribution in [-0.4, -0.2) is 26.2 Å². The van der Waals surface area contributed by atoms with Crippen molar-refractivity contribution in [3.8, 4) is 11.3 Å². The Morgan fingerprint density at radius 2 is 2.00 bits per heavy atom. The summed E-state index contributed by atoms with van der Waals surface area (Å²) < 4.78 is 0. The van der Waals surface area contributed by atoms with Gasteiger partial charge in [-0.2, -0.15) is 0 Å². The van der Waals surface area contributed by atoms with Crippen molar-refractivity contribution in [1.82, 2.24) is 9.94 Å². The van der Waals surface area contributed by atoms with Crippen LogP contribution in [0.2, 0.25) is 0 Å². The predicted octanol–water partition coefficient (Wildman–Crippen LogP) is 0.872. The first-order chi connectivity index (χ1) is 8.11. The van der Waals surface area contributed by atoms with Gasteiger partial charge in [0.05, 0.1) is 6.20 Å². The van der Waals surface area contributed by atoms with Crippen LogP contribution >= 0.6 is 0 Å². The summed E-state index contributed by atoms with van der Waals surface area (Å²) in [5, 5.41) is 22.1. The van der Waals surface area contributed by atoms with E-state index in [2.05, 4.69) is 5.10 Å². The molecule has 0 aliphatic heterocycles. The molecule has 6 heteroatoms. The van der Waals surface area contributed by atoms with E-state index < -0.39 is 12.0 Å². The molecule has 2 rings (SSSR count). The van der Waals surface area contributed by atoms with Gasteiger partial charge < -0.3 is 16.0 Å². The minimum absolute atomic E-state index is 0.270. The fourth-order valence-electron chi connectivity index (χ4n) is 1.59. The average molecular weight is 233 g/mol. The summed E-state index contributed by atoms with van der Waals surface area (Å²) in [4.78, 5) is 11.5. The molecule has 0 aliphatic carbocycles. The maximum atomic E-state index is 10.8. The molecule has 0 bridgehead atoms. The zero-order valence-electron chi connectivity index (χ0n) is 8.82. The van der Waals surface area contributed by atoms with Crippen LogP contribution in [0.4, 0.5) is 0 Å². The van der Waals surface area contributed by atoms with Gasteiger partial charge >= 0.3 is 5.97 Å². The number of nitrogens with zero attached hydrogens (tertiary/aromatic N) is 2. The summed E-state index contributed by atoms with van der Waals surface area (Å²) in [5.74, 6) is -1.17. The molecule has 0 fully saturated rings. The number of aliphatic carboxylic acids is 1. The molecule has 2 aromatic rings. The molecule has 6 nitrogen and oxygen atoms in total. The average Bonchev–Trinajstić information content (AvgIpc) is 2.71. The Hall–Kier alpha value is -2.34. The minimum atomic E-state index is -1.22. The second kappa shape index (κ2) is 4.26. The van der Waals surface area contributed by atoms with E-state index in [4.69, 9.17) is 10.8 Å². The van der Waals surface area contributed by atoms with Gasteiger partial charge in [0, 0.05) is 11.1 Å². The van der Waals surface area contributed by atoms with Crippen LogP contribution in [0.3, 0.4) is 0 Å². The first-order valence-corrected chi connectivity index (χ1v) is 4.92. The van der Waals surface area contributed by atoms with Gasteiger partial charge in [-0.1, -0.05) is 30.3 Å². The van der Waals surface area contributed by atoms with Crippen molar-refractivity contribution in [3.05, 3.63) is 42.1 Å². The highest BCUT2D eigenvalue weighted by Gasteiger charge is 2.23. The normalized spacial score (nSPS) is 12.3. The molecule has 1 aromatic heterocycles. The van der Waals surface area contributed by atoms with Gasteiger partial charge in [0.1, 0.15) is 11.7 Å². The quantitative estimate of drug-likeness (QED) is 0.683. The van der Waals surface area contributed by atoms with Crippen molar-refractivity contribution >= 4 is 5.97 Å². The Morgan fingerprint density at radius 3 is 2.59 bits per heavy atom. The molecule has 1 unspecified atom stereocenters. The highest BCUT2D eigenvalue weighted by Crippen LogP contribution is 2.26. The highest BCUT2D eigenvalue weighted by atomic mass is 16.5. The number of hydrogen-bond acceptors (Lipinski definition) is 4. The fraction of sp³-hybridized carbons (Fsp3) is 0.0909. The van der Waals surface area contributed by atoms with E-state index in [9.17, 15) is 10.0 Å². The van der Waals surface area contributed by atoms with Gasteiger partial charge in [0.2, 0.25) is 0 Å². The van der Waals surface area contributed by atoms with Crippen molar-refractivity contribution in [2.75, 3.05) is 0 Å². The molecule has 0 spiro atoms. The molecule has 0 amide bonds. The van der Waals surface area contributed by atoms with E-state index in [-0.39, 0.29) is 5.56 Å². The molecule has 88 valence electrons. The number of hydrogen-bond donors (Lipinski definition) is 3. The van der Waals surface area contributed by atoms with E-state index in [1.54, 1.807) is 24.3 Å². The SMILES string of the molecule is NC(C(=O)O)c1cnn(O)c1-c1ccccc1. The summed E-state index contributed by atoms with van der Waals surface area (Å²) in [6.07, 6.45) is 1.25. The number of rotatable bonds is 3. The summed E-state index contributed by atoms with van der Waals surface area (Å²) in [7, 11) is 0. The van der Waals surface area contributed by atoms with Crippen LogP contribution in [0.15, 0.2) is 36.5 Å². The number of aromatic nitrogens is 2. The Labute approximate surface area is 96.9 Å². The van der Waals surface area contributed by atoms with E-state index >= 15 is 0 Å². The first kappa shape index (κ1) is 11.2. The third-order valence-corrected chi connectivity index (χ3v) is 2.43. The second-order valence-corrected chi connectivity index (χ2v) is 3.52. The van der Waals surface area contributed by atoms with Crippen LogP contribution in [0, 0.1) is 0 Å². The van der Waals surface area contributed by atoms with Gasteiger partial charge in [-0.25, -0.2) is 0 Å². The standard InChI is InChI=1S/C11H11N3O3/c12-9(11(15)16)8-6-13-14(17)10(8)7-4-2-1-3-5-7/h1-6,9,17H,12H2,(H,15,16). The van der Waals surface area contributed by atoms with Crippen LogP contribution in [0.1, 0.15) is 11.6 Å². The fourth-order valence-corrected chi connectivity index (χ4v) is 1.59. The molecule has 0 radical (unpaired) electrons. The largest absolute Gasteiger partial charge is 0.480 e. The van der Waals surface area contributed by atoms with E-state index in [0.29, 0.717) is 16.1 Å². The van der Waals surface area contributed by atoms with Crippen LogP contribution in [0.5, 0.6) is 0 Å². The van der Waals surface area contributed by atoms with Crippen LogP contribution < -0.4 is 5.73 Å². The lowest BCUT2D eigenvalue weighted by molar-refractivity contribution is -0.138. The summed E-state index contributed by atoms with van der Waals surface area (Å²) >= 11 is 0. The number of carboxylic acid groups (broad SMARTS) is 1. The molecular weight excluding hydrogens is 222 g/mol. The Bertz CT molecular complexity index is 536. The maximum absolute atomic E-state index is 10.8. The van der Waals surface area contributed by atoms with E-state index in [1.807, 2.05) is 6.07 Å². The molecule has 4 N–H and O–H groups in total. The number of carbonyl (C=O) groups is 1. The lowest BCUT2D eigenvalue weighted by atomic mass is 10.0. The summed E-state index contributed by atoms with van der Waals surface area (Å²) in [6.45, 7) is 0. The lowest BCUT2D eigenvalue weighted by Gasteiger charge is -2.08. The van der Waals surface area contributed by atoms with E-state index in [1.165, 1.54) is 6.20 Å². The predicted molar refractivity (Wildman–Crippen MR) is 59.4 cm³/mol. The molecule has 1 atom stereocenters. The maximum Gasteiger partial charge on any atom is 0.325 e. The van der Waals surface area contributed by atoms with Crippen molar-refractivity contribution in [2.45, 2.75) is 6.04 Å². The number of carboxylic acids is 1. The molecule has 0 saturated heterocycles. The van der Waals surface area contributed by atoms with Gasteiger partial charge in [-0.3, -0.25) is 4.79 Å². The minimum Gasteiger partial charge on any atom is -0.480 e. The van der Waals surface area contributed by atoms with E-state index in [0.717, 1.165) is 0 Å². The first-order valence-electron chi connectivity index (χ1n) is 4.92. The third-order valence-electron chi connectivity index (χ3n) is 2.43. The Morgan fingerprint density at radius 1 is 1.35 bits per heavy atom. The molecule has 0 saturated carbocycles. The molecule has 1 heterocycles. The van der Waals surface area contributed by atoms with Crippen molar-refractivity contribution in [3.63, 3.8) is 0 Å². The summed E-state index contributed by atoms with van der Waals surface area (Å²) in [5.41, 5.74) is 6.74. The number of benzene rings is 1. The van der Waals surface area contributed by atoms with Crippen LogP contribution in [0.25, 0.3) is 11.3 Å². The molecule has 17 heavy (non-hydrogen) atoms. The highest BCUT2D eigenvalue weighted by molar-refractivity contribution is 5.79. The Balaban J connectivity index is 2.54. The van der Waals surface area contributed by atoms with Crippen LogP contribution in [-0.2, 0) is 4.79 Å². The van der Waals surface area contributed by atoms with Gasteiger partial charge in [-0.15, -0.1) is 9.94 Å². The zero-order chi connectivity index (χ0) is 12.4. The Kier molecular flexibility index (Phi) is 2.80. The molecular formula is C11H11N3O3.